The molecule has 4 nitrogen and oxygen atoms in total. The lowest BCUT2D eigenvalue weighted by Gasteiger charge is -2.15. The van der Waals surface area contributed by atoms with E-state index in [9.17, 15) is 4.39 Å². The molecule has 0 aliphatic heterocycles. The van der Waals surface area contributed by atoms with E-state index in [1.54, 1.807) is 23.9 Å². The van der Waals surface area contributed by atoms with Crippen molar-refractivity contribution >= 4 is 11.8 Å². The fourth-order valence-electron chi connectivity index (χ4n) is 2.69. The lowest BCUT2D eigenvalue weighted by Crippen LogP contribution is -2.12. The van der Waals surface area contributed by atoms with Crippen molar-refractivity contribution in [1.82, 2.24) is 14.8 Å². The van der Waals surface area contributed by atoms with Crippen molar-refractivity contribution in [2.24, 2.45) is 0 Å². The molecule has 0 bridgehead atoms. The molecule has 2 aromatic carbocycles. The van der Waals surface area contributed by atoms with Gasteiger partial charge in [0.15, 0.2) is 17.1 Å². The van der Waals surface area contributed by atoms with Crippen molar-refractivity contribution in [3.05, 3.63) is 71.3 Å². The normalized spacial score (nSPS) is 12.2. The van der Waals surface area contributed by atoms with Gasteiger partial charge in [-0.2, -0.15) is 0 Å². The summed E-state index contributed by atoms with van der Waals surface area (Å²) in [5, 5.41) is 9.55. The maximum atomic E-state index is 13.0. The standard InChI is InChI=1S/C20H22FN3OS/c1-4-24-19(15(3)25-18-11-9-17(21)10-12-18)22-23-20(24)26-13-16-8-6-5-7-14(16)2/h5-12,15H,4,13H2,1-3H3. The van der Waals surface area contributed by atoms with Crippen molar-refractivity contribution in [3.8, 4) is 5.75 Å². The van der Waals surface area contributed by atoms with Crippen LogP contribution in [0.15, 0.2) is 53.7 Å². The van der Waals surface area contributed by atoms with Crippen LogP contribution in [0.2, 0.25) is 0 Å². The summed E-state index contributed by atoms with van der Waals surface area (Å²) in [5.74, 6) is 1.94. The predicted molar refractivity (Wildman–Crippen MR) is 102 cm³/mol. The number of thioether (sulfide) groups is 1. The average molecular weight is 371 g/mol. The minimum absolute atomic E-state index is 0.277. The van der Waals surface area contributed by atoms with Crippen molar-refractivity contribution in [2.45, 2.75) is 44.3 Å². The van der Waals surface area contributed by atoms with E-state index in [1.165, 1.54) is 23.3 Å². The van der Waals surface area contributed by atoms with E-state index in [-0.39, 0.29) is 11.9 Å². The molecule has 0 saturated carbocycles. The van der Waals surface area contributed by atoms with Gasteiger partial charge in [-0.3, -0.25) is 0 Å². The molecule has 0 aliphatic carbocycles. The van der Waals surface area contributed by atoms with Crippen LogP contribution in [0.3, 0.4) is 0 Å². The monoisotopic (exact) mass is 371 g/mol. The second-order valence-electron chi connectivity index (χ2n) is 6.01. The zero-order valence-corrected chi connectivity index (χ0v) is 16.0. The Kier molecular flexibility index (Phi) is 5.93. The number of rotatable bonds is 7. The van der Waals surface area contributed by atoms with Gasteiger partial charge in [0, 0.05) is 12.3 Å². The SMILES string of the molecule is CCn1c(SCc2ccccc2C)nnc1C(C)Oc1ccc(F)cc1. The summed E-state index contributed by atoms with van der Waals surface area (Å²) in [6, 6.07) is 14.4. The zero-order valence-electron chi connectivity index (χ0n) is 15.1. The Morgan fingerprint density at radius 1 is 1.12 bits per heavy atom. The molecule has 0 fully saturated rings. The summed E-state index contributed by atoms with van der Waals surface area (Å²) in [7, 11) is 0. The van der Waals surface area contributed by atoms with Crippen LogP contribution in [0.25, 0.3) is 0 Å². The number of hydrogen-bond donors (Lipinski definition) is 0. The molecule has 26 heavy (non-hydrogen) atoms. The Morgan fingerprint density at radius 2 is 1.85 bits per heavy atom. The summed E-state index contributed by atoms with van der Waals surface area (Å²) in [6.45, 7) is 6.87. The van der Waals surface area contributed by atoms with E-state index in [0.29, 0.717) is 5.75 Å². The summed E-state index contributed by atoms with van der Waals surface area (Å²) in [4.78, 5) is 0. The van der Waals surface area contributed by atoms with E-state index < -0.39 is 0 Å². The summed E-state index contributed by atoms with van der Waals surface area (Å²) in [6.07, 6.45) is -0.277. The molecule has 1 heterocycles. The van der Waals surface area contributed by atoms with Crippen LogP contribution >= 0.6 is 11.8 Å². The first-order valence-electron chi connectivity index (χ1n) is 8.61. The molecule has 136 valence electrons. The highest BCUT2D eigenvalue weighted by Crippen LogP contribution is 2.27. The van der Waals surface area contributed by atoms with E-state index in [2.05, 4.69) is 46.8 Å². The molecule has 1 aromatic heterocycles. The maximum Gasteiger partial charge on any atom is 0.191 e. The Labute approximate surface area is 157 Å². The smallest absolute Gasteiger partial charge is 0.191 e. The minimum Gasteiger partial charge on any atom is -0.483 e. The van der Waals surface area contributed by atoms with Crippen LogP contribution < -0.4 is 4.74 Å². The van der Waals surface area contributed by atoms with Crippen molar-refractivity contribution in [1.29, 1.82) is 0 Å². The van der Waals surface area contributed by atoms with E-state index >= 15 is 0 Å². The molecule has 1 atom stereocenters. The third-order valence-electron chi connectivity index (χ3n) is 4.17. The van der Waals surface area contributed by atoms with Crippen LogP contribution in [0.4, 0.5) is 4.39 Å². The van der Waals surface area contributed by atoms with Crippen LogP contribution in [0.1, 0.15) is 36.9 Å². The number of nitrogens with zero attached hydrogens (tertiary/aromatic N) is 3. The minimum atomic E-state index is -0.281. The van der Waals surface area contributed by atoms with Crippen LogP contribution in [-0.4, -0.2) is 14.8 Å². The Balaban J connectivity index is 1.72. The van der Waals surface area contributed by atoms with Crippen LogP contribution in [-0.2, 0) is 12.3 Å². The highest BCUT2D eigenvalue weighted by molar-refractivity contribution is 7.98. The van der Waals surface area contributed by atoms with E-state index in [4.69, 9.17) is 4.74 Å². The topological polar surface area (TPSA) is 39.9 Å². The van der Waals surface area contributed by atoms with Gasteiger partial charge in [0.2, 0.25) is 0 Å². The van der Waals surface area contributed by atoms with Gasteiger partial charge in [0.1, 0.15) is 11.6 Å². The quantitative estimate of drug-likeness (QED) is 0.537. The van der Waals surface area contributed by atoms with Gasteiger partial charge in [-0.05, 0) is 56.2 Å². The molecule has 0 aliphatic rings. The van der Waals surface area contributed by atoms with E-state index in [1.807, 2.05) is 13.0 Å². The molecular weight excluding hydrogens is 349 g/mol. The highest BCUT2D eigenvalue weighted by atomic mass is 32.2. The lowest BCUT2D eigenvalue weighted by atomic mass is 10.1. The van der Waals surface area contributed by atoms with Gasteiger partial charge in [-0.25, -0.2) is 4.39 Å². The largest absolute Gasteiger partial charge is 0.483 e. The van der Waals surface area contributed by atoms with Gasteiger partial charge in [0.25, 0.3) is 0 Å². The number of ether oxygens (including phenoxy) is 1. The van der Waals surface area contributed by atoms with E-state index in [0.717, 1.165) is 23.3 Å². The highest BCUT2D eigenvalue weighted by Gasteiger charge is 2.19. The Bertz CT molecular complexity index is 864. The first-order chi connectivity index (χ1) is 12.6. The third kappa shape index (κ3) is 4.25. The summed E-state index contributed by atoms with van der Waals surface area (Å²) >= 11 is 1.67. The van der Waals surface area contributed by atoms with Crippen molar-refractivity contribution < 1.29 is 9.13 Å². The van der Waals surface area contributed by atoms with Crippen molar-refractivity contribution in [2.75, 3.05) is 0 Å². The molecule has 0 amide bonds. The molecule has 3 aromatic rings. The molecule has 6 heteroatoms. The number of hydrogen-bond acceptors (Lipinski definition) is 4. The second kappa shape index (κ2) is 8.36. The van der Waals surface area contributed by atoms with Gasteiger partial charge in [0.05, 0.1) is 0 Å². The summed E-state index contributed by atoms with van der Waals surface area (Å²) in [5.41, 5.74) is 2.57. The van der Waals surface area contributed by atoms with Gasteiger partial charge in [-0.1, -0.05) is 36.0 Å². The number of aryl methyl sites for hydroxylation is 1. The number of aromatic nitrogens is 3. The fraction of sp³-hybridized carbons (Fsp3) is 0.300. The fourth-order valence-corrected chi connectivity index (χ4v) is 3.77. The molecular formula is C20H22FN3OS. The van der Waals surface area contributed by atoms with Gasteiger partial charge < -0.3 is 9.30 Å². The zero-order chi connectivity index (χ0) is 18.5. The number of halogens is 1. The molecule has 3 rings (SSSR count). The van der Waals surface area contributed by atoms with Gasteiger partial charge >= 0.3 is 0 Å². The van der Waals surface area contributed by atoms with Crippen LogP contribution in [0, 0.1) is 12.7 Å². The molecule has 0 saturated heterocycles. The van der Waals surface area contributed by atoms with Gasteiger partial charge in [-0.15, -0.1) is 10.2 Å². The molecule has 0 N–H and O–H groups in total. The number of benzene rings is 2. The molecule has 0 spiro atoms. The van der Waals surface area contributed by atoms with Crippen LogP contribution in [0.5, 0.6) is 5.75 Å². The Hall–Kier alpha value is -2.34. The maximum absolute atomic E-state index is 13.0. The van der Waals surface area contributed by atoms with Crippen molar-refractivity contribution in [3.63, 3.8) is 0 Å². The second-order valence-corrected chi connectivity index (χ2v) is 6.96. The first-order valence-corrected chi connectivity index (χ1v) is 9.59. The molecule has 0 radical (unpaired) electrons. The summed E-state index contributed by atoms with van der Waals surface area (Å²) < 4.78 is 21.0. The average Bonchev–Trinajstić information content (AvgIpc) is 3.06. The predicted octanol–water partition coefficient (Wildman–Crippen LogP) is 5.18. The Morgan fingerprint density at radius 3 is 2.54 bits per heavy atom. The molecule has 1 unspecified atom stereocenters. The lowest BCUT2D eigenvalue weighted by molar-refractivity contribution is 0.209. The third-order valence-corrected chi connectivity index (χ3v) is 5.19. The first kappa shape index (κ1) is 18.5.